The van der Waals surface area contributed by atoms with Crippen LogP contribution in [0.4, 0.5) is 14.5 Å². The smallest absolute Gasteiger partial charge is 0.294 e. The number of nitrogens with zero attached hydrogens (tertiary/aromatic N) is 5. The van der Waals surface area contributed by atoms with E-state index in [1.165, 1.54) is 29.6 Å². The SMILES string of the molecule is O=C(Nc1cncc(-n2ccc3cc(C(=O)N4CCC(F)(F)CC4)cnc32)c1)c1ccno1. The Labute approximate surface area is 186 Å². The van der Waals surface area contributed by atoms with Gasteiger partial charge < -0.3 is 14.7 Å². The number of anilines is 1. The van der Waals surface area contributed by atoms with Gasteiger partial charge in [0.15, 0.2) is 0 Å². The number of rotatable bonds is 4. The Hall–Kier alpha value is -4.15. The second-order valence-corrected chi connectivity index (χ2v) is 7.73. The summed E-state index contributed by atoms with van der Waals surface area (Å²) in [7, 11) is 0. The zero-order valence-corrected chi connectivity index (χ0v) is 17.2. The molecule has 2 amide bonds. The number of hydrogen-bond donors (Lipinski definition) is 1. The van der Waals surface area contributed by atoms with Crippen LogP contribution in [-0.2, 0) is 0 Å². The van der Waals surface area contributed by atoms with Gasteiger partial charge in [-0.3, -0.25) is 19.1 Å². The first-order chi connectivity index (χ1) is 15.9. The van der Waals surface area contributed by atoms with E-state index >= 15 is 0 Å². The molecule has 5 heterocycles. The molecule has 1 N–H and O–H groups in total. The van der Waals surface area contributed by atoms with Crippen molar-refractivity contribution in [3.63, 3.8) is 0 Å². The molecular formula is C22H18F2N6O3. The van der Waals surface area contributed by atoms with Gasteiger partial charge in [0.25, 0.3) is 17.7 Å². The molecule has 0 aliphatic carbocycles. The van der Waals surface area contributed by atoms with Gasteiger partial charge in [0.1, 0.15) is 5.65 Å². The van der Waals surface area contributed by atoms with Crippen molar-refractivity contribution in [2.75, 3.05) is 18.4 Å². The number of nitrogens with one attached hydrogen (secondary N) is 1. The molecule has 1 aliphatic rings. The minimum atomic E-state index is -2.72. The highest BCUT2D eigenvalue weighted by Crippen LogP contribution is 2.29. The van der Waals surface area contributed by atoms with E-state index in [0.717, 1.165) is 0 Å². The van der Waals surface area contributed by atoms with E-state index in [9.17, 15) is 18.4 Å². The Balaban J connectivity index is 1.37. The van der Waals surface area contributed by atoms with E-state index in [1.807, 2.05) is 0 Å². The third-order valence-electron chi connectivity index (χ3n) is 5.48. The van der Waals surface area contributed by atoms with Crippen molar-refractivity contribution in [1.82, 2.24) is 24.6 Å². The van der Waals surface area contributed by atoms with Crippen LogP contribution >= 0.6 is 0 Å². The summed E-state index contributed by atoms with van der Waals surface area (Å²) in [5, 5.41) is 6.90. The topological polar surface area (TPSA) is 106 Å². The second-order valence-electron chi connectivity index (χ2n) is 7.73. The molecule has 5 rings (SSSR count). The predicted molar refractivity (Wildman–Crippen MR) is 113 cm³/mol. The van der Waals surface area contributed by atoms with Crippen LogP contribution in [0.1, 0.15) is 33.8 Å². The van der Waals surface area contributed by atoms with Gasteiger partial charge in [-0.05, 0) is 18.2 Å². The molecule has 0 unspecified atom stereocenters. The monoisotopic (exact) mass is 452 g/mol. The Morgan fingerprint density at radius 3 is 2.67 bits per heavy atom. The van der Waals surface area contributed by atoms with Crippen LogP contribution in [0.2, 0.25) is 0 Å². The summed E-state index contributed by atoms with van der Waals surface area (Å²) in [6.07, 6.45) is 7.03. The van der Waals surface area contributed by atoms with Crippen LogP contribution in [0, 0.1) is 0 Å². The summed E-state index contributed by atoms with van der Waals surface area (Å²) in [6.45, 7) is 0.0340. The fourth-order valence-electron chi connectivity index (χ4n) is 3.72. The number of pyridine rings is 2. The summed E-state index contributed by atoms with van der Waals surface area (Å²) in [5.41, 5.74) is 2.02. The van der Waals surface area contributed by atoms with E-state index < -0.39 is 11.8 Å². The summed E-state index contributed by atoms with van der Waals surface area (Å²) in [5.74, 6) is -3.41. The van der Waals surface area contributed by atoms with Crippen molar-refractivity contribution in [2.45, 2.75) is 18.8 Å². The van der Waals surface area contributed by atoms with Gasteiger partial charge in [-0.15, -0.1) is 0 Å². The number of aromatic nitrogens is 4. The number of halogens is 2. The lowest BCUT2D eigenvalue weighted by molar-refractivity contribution is -0.0494. The molecule has 33 heavy (non-hydrogen) atoms. The largest absolute Gasteiger partial charge is 0.351 e. The van der Waals surface area contributed by atoms with Crippen molar-refractivity contribution >= 4 is 28.5 Å². The highest BCUT2D eigenvalue weighted by atomic mass is 19.3. The normalized spacial score (nSPS) is 15.5. The molecule has 1 saturated heterocycles. The van der Waals surface area contributed by atoms with Gasteiger partial charge in [-0.2, -0.15) is 0 Å². The first kappa shape index (κ1) is 20.7. The third kappa shape index (κ3) is 4.16. The van der Waals surface area contributed by atoms with Crippen LogP contribution in [-0.4, -0.2) is 55.4 Å². The molecule has 4 aromatic rings. The van der Waals surface area contributed by atoms with E-state index in [2.05, 4.69) is 20.4 Å². The lowest BCUT2D eigenvalue weighted by atomic mass is 10.1. The number of piperidine rings is 1. The Bertz CT molecular complexity index is 1330. The summed E-state index contributed by atoms with van der Waals surface area (Å²) in [4.78, 5) is 35.0. The molecule has 0 aromatic carbocycles. The van der Waals surface area contributed by atoms with E-state index in [0.29, 0.717) is 28.0 Å². The standard InChI is InChI=1S/C22H18F2N6O3/c23-22(24)3-7-29(8-4-22)21(32)15-9-14-2-6-30(19(14)26-11-15)17-10-16(12-25-13-17)28-20(31)18-1-5-27-33-18/h1-2,5-6,9-13H,3-4,7-8H2,(H,28,31). The Kier molecular flexibility index (Phi) is 5.08. The number of fused-ring (bicyclic) bond motifs is 1. The minimum absolute atomic E-state index is 0.0170. The first-order valence-electron chi connectivity index (χ1n) is 10.2. The maximum absolute atomic E-state index is 13.4. The molecule has 9 nitrogen and oxygen atoms in total. The number of likely N-dealkylation sites (tertiary alicyclic amines) is 1. The highest BCUT2D eigenvalue weighted by molar-refractivity contribution is 6.02. The molecule has 168 valence electrons. The molecular weight excluding hydrogens is 434 g/mol. The van der Waals surface area contributed by atoms with Crippen LogP contribution in [0.3, 0.4) is 0 Å². The summed E-state index contributed by atoms with van der Waals surface area (Å²) >= 11 is 0. The van der Waals surface area contributed by atoms with Crippen LogP contribution in [0.15, 0.2) is 59.8 Å². The number of carbonyl (C=O) groups excluding carboxylic acids is 2. The van der Waals surface area contributed by atoms with Crippen molar-refractivity contribution in [1.29, 1.82) is 0 Å². The maximum Gasteiger partial charge on any atom is 0.294 e. The number of hydrogen-bond acceptors (Lipinski definition) is 6. The van der Waals surface area contributed by atoms with E-state index in [4.69, 9.17) is 4.52 Å². The molecule has 0 saturated carbocycles. The first-order valence-corrected chi connectivity index (χ1v) is 10.2. The van der Waals surface area contributed by atoms with E-state index in [1.54, 1.807) is 35.2 Å². The van der Waals surface area contributed by atoms with Crippen molar-refractivity contribution in [2.24, 2.45) is 0 Å². The lowest BCUT2D eigenvalue weighted by Gasteiger charge is -2.31. The van der Waals surface area contributed by atoms with Crippen molar-refractivity contribution in [3.05, 3.63) is 66.6 Å². The minimum Gasteiger partial charge on any atom is -0.351 e. The average molecular weight is 452 g/mol. The van der Waals surface area contributed by atoms with Crippen LogP contribution < -0.4 is 5.32 Å². The molecule has 11 heteroatoms. The van der Waals surface area contributed by atoms with Gasteiger partial charge in [-0.25, -0.2) is 13.8 Å². The van der Waals surface area contributed by atoms with Gasteiger partial charge in [0.2, 0.25) is 5.76 Å². The maximum atomic E-state index is 13.4. The van der Waals surface area contributed by atoms with Gasteiger partial charge in [-0.1, -0.05) is 5.16 Å². The van der Waals surface area contributed by atoms with Crippen LogP contribution in [0.25, 0.3) is 16.7 Å². The van der Waals surface area contributed by atoms with Gasteiger partial charge >= 0.3 is 0 Å². The van der Waals surface area contributed by atoms with E-state index in [-0.39, 0.29) is 37.6 Å². The third-order valence-corrected chi connectivity index (χ3v) is 5.48. The quantitative estimate of drug-likeness (QED) is 0.508. The molecule has 0 spiro atoms. The molecule has 4 aromatic heterocycles. The predicted octanol–water partition coefficient (Wildman–Crippen LogP) is 3.53. The van der Waals surface area contributed by atoms with Crippen molar-refractivity contribution < 1.29 is 22.9 Å². The fraction of sp³-hybridized carbons (Fsp3) is 0.227. The summed E-state index contributed by atoms with van der Waals surface area (Å²) in [6, 6.07) is 6.65. The van der Waals surface area contributed by atoms with Gasteiger partial charge in [0.05, 0.1) is 35.5 Å². The molecule has 0 radical (unpaired) electrons. The van der Waals surface area contributed by atoms with Crippen molar-refractivity contribution in [3.8, 4) is 5.69 Å². The fourth-order valence-corrected chi connectivity index (χ4v) is 3.72. The average Bonchev–Trinajstić information content (AvgIpc) is 3.49. The Morgan fingerprint density at radius 1 is 1.09 bits per heavy atom. The number of alkyl halides is 2. The second kappa shape index (κ2) is 8.08. The number of amides is 2. The molecule has 0 bridgehead atoms. The molecule has 1 aliphatic heterocycles. The highest BCUT2D eigenvalue weighted by Gasteiger charge is 2.35. The molecule has 0 atom stereocenters. The lowest BCUT2D eigenvalue weighted by Crippen LogP contribution is -2.42. The number of carbonyl (C=O) groups is 2. The van der Waals surface area contributed by atoms with Gasteiger partial charge in [0, 0.05) is 49.8 Å². The molecule has 1 fully saturated rings. The summed E-state index contributed by atoms with van der Waals surface area (Å²) < 4.78 is 33.4. The van der Waals surface area contributed by atoms with Crippen LogP contribution in [0.5, 0.6) is 0 Å². The Morgan fingerprint density at radius 2 is 1.91 bits per heavy atom. The zero-order chi connectivity index (χ0) is 23.0. The zero-order valence-electron chi connectivity index (χ0n) is 17.2.